The summed E-state index contributed by atoms with van der Waals surface area (Å²) < 4.78 is 10.9. The molecule has 0 saturated heterocycles. The van der Waals surface area contributed by atoms with Crippen molar-refractivity contribution in [3.63, 3.8) is 0 Å². The third-order valence-corrected chi connectivity index (χ3v) is 3.00. The number of hydrogen-bond donors (Lipinski definition) is 1. The average molecular weight is 257 g/mol. The topological polar surface area (TPSA) is 85.1 Å². The second-order valence-electron chi connectivity index (χ2n) is 3.77. The van der Waals surface area contributed by atoms with Crippen LogP contribution in [-0.4, -0.2) is 32.2 Å². The maximum Gasteiger partial charge on any atom is 0.274 e. The highest BCUT2D eigenvalue weighted by Gasteiger charge is 2.09. The molecule has 0 aliphatic rings. The molecule has 1 rings (SSSR count). The first-order valence-electron chi connectivity index (χ1n) is 5.16. The van der Waals surface area contributed by atoms with Crippen LogP contribution in [0.3, 0.4) is 0 Å². The van der Waals surface area contributed by atoms with Crippen molar-refractivity contribution >= 4 is 22.3 Å². The molecule has 0 aliphatic heterocycles. The van der Waals surface area contributed by atoms with Crippen LogP contribution in [0.15, 0.2) is 18.3 Å². The number of pyridine rings is 1. The second kappa shape index (κ2) is 6.29. The van der Waals surface area contributed by atoms with Gasteiger partial charge in [-0.2, -0.15) is 0 Å². The summed E-state index contributed by atoms with van der Waals surface area (Å²) in [6.07, 6.45) is 3.77. The fraction of sp³-hybridized carbons (Fsp3) is 0.500. The van der Waals surface area contributed by atoms with Crippen LogP contribution < -0.4 is 5.32 Å². The lowest BCUT2D eigenvalue weighted by atomic mass is 10.2. The highest BCUT2D eigenvalue weighted by Crippen LogP contribution is 2.15. The van der Waals surface area contributed by atoms with Gasteiger partial charge in [0.05, 0.1) is 11.0 Å². The molecule has 0 radical (unpaired) electrons. The minimum Gasteiger partial charge on any atom is -0.367 e. The van der Waals surface area contributed by atoms with Crippen molar-refractivity contribution in [2.75, 3.05) is 17.3 Å². The zero-order valence-electron chi connectivity index (χ0n) is 9.75. The summed E-state index contributed by atoms with van der Waals surface area (Å²) in [5.41, 5.74) is 0.00812. The van der Waals surface area contributed by atoms with Crippen LogP contribution in [0.5, 0.6) is 0 Å². The first-order chi connectivity index (χ1) is 7.99. The van der Waals surface area contributed by atoms with E-state index < -0.39 is 15.7 Å². The van der Waals surface area contributed by atoms with E-state index in [2.05, 4.69) is 10.3 Å². The van der Waals surface area contributed by atoms with Gasteiger partial charge in [-0.1, -0.05) is 0 Å². The Hall–Kier alpha value is -1.50. The maximum absolute atomic E-state index is 10.9. The summed E-state index contributed by atoms with van der Waals surface area (Å²) in [7, 11) is -0.824. The molecule has 0 aliphatic carbocycles. The minimum absolute atomic E-state index is 0.00812. The molecular formula is C10H15N3O3S. The van der Waals surface area contributed by atoms with Gasteiger partial charge < -0.3 is 5.32 Å². The number of hydrogen-bond acceptors (Lipinski definition) is 5. The smallest absolute Gasteiger partial charge is 0.274 e. The molecule has 1 aromatic rings. The monoisotopic (exact) mass is 257 g/mol. The third kappa shape index (κ3) is 4.90. The minimum atomic E-state index is -0.824. The Morgan fingerprint density at radius 2 is 2.35 bits per heavy atom. The summed E-state index contributed by atoms with van der Waals surface area (Å²) in [6, 6.07) is 2.81. The van der Waals surface area contributed by atoms with E-state index >= 15 is 0 Å². The van der Waals surface area contributed by atoms with Crippen molar-refractivity contribution in [2.24, 2.45) is 0 Å². The Bertz CT molecular complexity index is 425. The van der Waals surface area contributed by atoms with Crippen LogP contribution in [-0.2, 0) is 10.8 Å². The van der Waals surface area contributed by atoms with Crippen molar-refractivity contribution in [1.82, 2.24) is 4.98 Å². The first kappa shape index (κ1) is 13.6. The van der Waals surface area contributed by atoms with Crippen molar-refractivity contribution in [3.05, 3.63) is 28.4 Å². The normalized spacial score (nSPS) is 14.0. The van der Waals surface area contributed by atoms with E-state index in [4.69, 9.17) is 0 Å². The standard InChI is InChI=1S/C10H15N3O3S/c1-8(4-6-17(2)16)12-10-7-9(13(14)15)3-5-11-10/h3,5,7-8H,4,6H2,1-2H3,(H,11,12). The number of anilines is 1. The summed E-state index contributed by atoms with van der Waals surface area (Å²) in [5, 5.41) is 13.6. The van der Waals surface area contributed by atoms with Gasteiger partial charge in [0.2, 0.25) is 0 Å². The van der Waals surface area contributed by atoms with Gasteiger partial charge in [-0.3, -0.25) is 14.3 Å². The Balaban J connectivity index is 2.58. The molecule has 0 aromatic carbocycles. The molecule has 0 amide bonds. The van der Waals surface area contributed by atoms with E-state index in [9.17, 15) is 14.3 Å². The van der Waals surface area contributed by atoms with E-state index in [1.807, 2.05) is 6.92 Å². The molecule has 1 aromatic heterocycles. The van der Waals surface area contributed by atoms with Crippen LogP contribution in [0.25, 0.3) is 0 Å². The van der Waals surface area contributed by atoms with Gasteiger partial charge >= 0.3 is 0 Å². The number of nitrogens with one attached hydrogen (secondary N) is 1. The zero-order chi connectivity index (χ0) is 12.8. The van der Waals surface area contributed by atoms with Crippen LogP contribution >= 0.6 is 0 Å². The molecule has 17 heavy (non-hydrogen) atoms. The number of nitro groups is 1. The molecule has 2 unspecified atom stereocenters. The predicted molar refractivity (Wildman–Crippen MR) is 67.5 cm³/mol. The summed E-state index contributed by atoms with van der Waals surface area (Å²) in [4.78, 5) is 14.1. The Morgan fingerprint density at radius 1 is 1.65 bits per heavy atom. The Morgan fingerprint density at radius 3 is 2.94 bits per heavy atom. The molecule has 2 atom stereocenters. The van der Waals surface area contributed by atoms with Crippen LogP contribution in [0, 0.1) is 10.1 Å². The quantitative estimate of drug-likeness (QED) is 0.617. The SMILES string of the molecule is CC(CCS(C)=O)Nc1cc([N+](=O)[O-])ccn1. The van der Waals surface area contributed by atoms with E-state index in [-0.39, 0.29) is 11.7 Å². The predicted octanol–water partition coefficient (Wildman–Crippen LogP) is 1.56. The van der Waals surface area contributed by atoms with Crippen molar-refractivity contribution in [3.8, 4) is 0 Å². The summed E-state index contributed by atoms with van der Waals surface area (Å²) in [5.74, 6) is 1.07. The molecule has 6 nitrogen and oxygen atoms in total. The molecule has 1 N–H and O–H groups in total. The number of nitrogens with zero attached hydrogens (tertiary/aromatic N) is 2. The molecule has 0 saturated carbocycles. The number of rotatable bonds is 6. The molecule has 0 bridgehead atoms. The fourth-order valence-corrected chi connectivity index (χ4v) is 1.96. The van der Waals surface area contributed by atoms with Gasteiger partial charge in [-0.15, -0.1) is 0 Å². The zero-order valence-corrected chi connectivity index (χ0v) is 10.6. The number of aromatic nitrogens is 1. The van der Waals surface area contributed by atoms with E-state index in [1.165, 1.54) is 18.3 Å². The van der Waals surface area contributed by atoms with E-state index in [0.717, 1.165) is 6.42 Å². The lowest BCUT2D eigenvalue weighted by Crippen LogP contribution is -2.18. The highest BCUT2D eigenvalue weighted by atomic mass is 32.2. The van der Waals surface area contributed by atoms with E-state index in [1.54, 1.807) is 6.26 Å². The molecule has 94 valence electrons. The molecule has 7 heteroatoms. The van der Waals surface area contributed by atoms with Gasteiger partial charge in [-0.05, 0) is 13.3 Å². The summed E-state index contributed by atoms with van der Waals surface area (Å²) >= 11 is 0. The van der Waals surface area contributed by atoms with E-state index in [0.29, 0.717) is 11.6 Å². The van der Waals surface area contributed by atoms with Crippen molar-refractivity contribution < 1.29 is 9.13 Å². The van der Waals surface area contributed by atoms with Crippen LogP contribution in [0.4, 0.5) is 11.5 Å². The lowest BCUT2D eigenvalue weighted by molar-refractivity contribution is -0.384. The van der Waals surface area contributed by atoms with Crippen molar-refractivity contribution in [1.29, 1.82) is 0 Å². The van der Waals surface area contributed by atoms with Gasteiger partial charge in [0.25, 0.3) is 5.69 Å². The lowest BCUT2D eigenvalue weighted by Gasteiger charge is -2.13. The van der Waals surface area contributed by atoms with Gasteiger partial charge in [0.15, 0.2) is 0 Å². The Labute approximate surface area is 102 Å². The fourth-order valence-electron chi connectivity index (χ4n) is 1.28. The van der Waals surface area contributed by atoms with Crippen molar-refractivity contribution in [2.45, 2.75) is 19.4 Å². The molecule has 0 fully saturated rings. The first-order valence-corrected chi connectivity index (χ1v) is 6.88. The average Bonchev–Trinajstić information content (AvgIpc) is 2.26. The second-order valence-corrected chi connectivity index (χ2v) is 5.32. The maximum atomic E-state index is 10.9. The molecule has 1 heterocycles. The van der Waals surface area contributed by atoms with Crippen LogP contribution in [0.1, 0.15) is 13.3 Å². The van der Waals surface area contributed by atoms with Gasteiger partial charge in [0, 0.05) is 41.1 Å². The molecule has 0 spiro atoms. The summed E-state index contributed by atoms with van der Waals surface area (Å²) in [6.45, 7) is 1.92. The Kier molecular flexibility index (Phi) is 5.02. The van der Waals surface area contributed by atoms with Crippen LogP contribution in [0.2, 0.25) is 0 Å². The largest absolute Gasteiger partial charge is 0.367 e. The van der Waals surface area contributed by atoms with Gasteiger partial charge in [0.1, 0.15) is 5.82 Å². The highest BCUT2D eigenvalue weighted by molar-refractivity contribution is 7.84. The third-order valence-electron chi connectivity index (χ3n) is 2.19. The van der Waals surface area contributed by atoms with Gasteiger partial charge in [-0.25, -0.2) is 4.98 Å². The molecular weight excluding hydrogens is 242 g/mol.